The van der Waals surface area contributed by atoms with Crippen molar-refractivity contribution >= 4 is 24.6 Å². The molecule has 0 aromatic rings. The van der Waals surface area contributed by atoms with Crippen LogP contribution >= 0.6 is 12.6 Å². The topological polar surface area (TPSA) is 52.6 Å². The van der Waals surface area contributed by atoms with Gasteiger partial charge in [-0.1, -0.05) is 6.58 Å². The number of carbonyl (C=O) groups is 2. The Morgan fingerprint density at radius 2 is 2.00 bits per heavy atom. The molecule has 16 heavy (non-hydrogen) atoms. The summed E-state index contributed by atoms with van der Waals surface area (Å²) in [5.74, 6) is -1.86. The molecule has 0 fully saturated rings. The van der Waals surface area contributed by atoms with Crippen molar-refractivity contribution in [2.45, 2.75) is 25.2 Å². The number of carbonyl (C=O) groups excluding carboxylic acids is 2. The first-order valence-electron chi connectivity index (χ1n) is 4.27. The minimum Gasteiger partial charge on any atom is -0.456 e. The van der Waals surface area contributed by atoms with Gasteiger partial charge in [0, 0.05) is 5.57 Å². The highest BCUT2D eigenvalue weighted by molar-refractivity contribution is 7.81. The smallest absolute Gasteiger partial charge is 0.347 e. The first-order valence-corrected chi connectivity index (χ1v) is 4.71. The number of esters is 2. The maximum absolute atomic E-state index is 12.2. The van der Waals surface area contributed by atoms with E-state index in [2.05, 4.69) is 28.7 Å². The lowest BCUT2D eigenvalue weighted by Gasteiger charge is -2.14. The number of hydrogen-bond donors (Lipinski definition) is 1. The van der Waals surface area contributed by atoms with Gasteiger partial charge in [0.2, 0.25) is 0 Å². The third-order valence-corrected chi connectivity index (χ3v) is 1.48. The fourth-order valence-electron chi connectivity index (χ4n) is 0.585. The summed E-state index contributed by atoms with van der Waals surface area (Å²) < 4.78 is 33.1. The number of halogens is 2. The Labute approximate surface area is 97.0 Å². The van der Waals surface area contributed by atoms with Crippen molar-refractivity contribution in [1.82, 2.24) is 0 Å². The zero-order valence-corrected chi connectivity index (χ0v) is 9.72. The maximum Gasteiger partial charge on any atom is 0.347 e. The first kappa shape index (κ1) is 14.9. The van der Waals surface area contributed by atoms with Crippen LogP contribution in [-0.4, -0.2) is 29.9 Å². The van der Waals surface area contributed by atoms with Crippen LogP contribution in [0.15, 0.2) is 12.2 Å². The Hall–Kier alpha value is -1.11. The molecule has 0 saturated carbocycles. The standard InChI is InChI=1S/C9H12F2O4S/c1-5(2)7(12)15-6(3)8(13)14-4-9(10,11)16/h6,16H,1,4H2,2-3H3. The zero-order valence-electron chi connectivity index (χ0n) is 8.83. The number of ether oxygens (including phenoxy) is 2. The molecule has 0 saturated heterocycles. The van der Waals surface area contributed by atoms with Gasteiger partial charge in [-0.15, -0.1) is 12.6 Å². The Kier molecular flexibility index (Phi) is 5.43. The summed E-state index contributed by atoms with van der Waals surface area (Å²) in [6.45, 7) is 4.72. The second-order valence-corrected chi connectivity index (χ2v) is 3.76. The molecule has 1 atom stereocenters. The Bertz CT molecular complexity index is 298. The Morgan fingerprint density at radius 3 is 2.38 bits per heavy atom. The van der Waals surface area contributed by atoms with Crippen LogP contribution < -0.4 is 0 Å². The monoisotopic (exact) mass is 254 g/mol. The van der Waals surface area contributed by atoms with E-state index < -0.39 is 29.9 Å². The summed E-state index contributed by atoms with van der Waals surface area (Å²) in [6.07, 6.45) is -1.26. The van der Waals surface area contributed by atoms with Gasteiger partial charge in [0.15, 0.2) is 12.7 Å². The Balaban J connectivity index is 4.10. The molecule has 0 aromatic carbocycles. The van der Waals surface area contributed by atoms with Crippen LogP contribution in [0.25, 0.3) is 0 Å². The largest absolute Gasteiger partial charge is 0.456 e. The van der Waals surface area contributed by atoms with Crippen molar-refractivity contribution in [1.29, 1.82) is 0 Å². The maximum atomic E-state index is 12.2. The van der Waals surface area contributed by atoms with Gasteiger partial charge < -0.3 is 9.47 Å². The second-order valence-electron chi connectivity index (χ2n) is 3.10. The van der Waals surface area contributed by atoms with Gasteiger partial charge in [0.05, 0.1) is 0 Å². The highest BCUT2D eigenvalue weighted by Gasteiger charge is 2.27. The Morgan fingerprint density at radius 1 is 1.50 bits per heavy atom. The van der Waals surface area contributed by atoms with Crippen LogP contribution in [0, 0.1) is 0 Å². The number of rotatable bonds is 5. The predicted molar refractivity (Wildman–Crippen MR) is 55.3 cm³/mol. The van der Waals surface area contributed by atoms with E-state index in [4.69, 9.17) is 0 Å². The van der Waals surface area contributed by atoms with Gasteiger partial charge in [0.25, 0.3) is 0 Å². The van der Waals surface area contributed by atoms with Crippen molar-refractivity contribution in [3.8, 4) is 0 Å². The molecule has 92 valence electrons. The molecule has 4 nitrogen and oxygen atoms in total. The molecular weight excluding hydrogens is 242 g/mol. The molecule has 0 N–H and O–H groups in total. The van der Waals surface area contributed by atoms with Crippen LogP contribution in [0.3, 0.4) is 0 Å². The average Bonchev–Trinajstić information content (AvgIpc) is 2.12. The van der Waals surface area contributed by atoms with Gasteiger partial charge in [-0.05, 0) is 13.8 Å². The molecule has 0 aromatic heterocycles. The summed E-state index contributed by atoms with van der Waals surface area (Å²) in [4.78, 5) is 22.0. The fraction of sp³-hybridized carbons (Fsp3) is 0.556. The van der Waals surface area contributed by atoms with Crippen LogP contribution in [-0.2, 0) is 19.1 Å². The van der Waals surface area contributed by atoms with E-state index in [-0.39, 0.29) is 5.57 Å². The molecule has 0 amide bonds. The SMILES string of the molecule is C=C(C)C(=O)OC(C)C(=O)OCC(F)(F)S. The summed E-state index contributed by atoms with van der Waals surface area (Å²) >= 11 is 2.87. The number of thiol groups is 1. The van der Waals surface area contributed by atoms with Crippen LogP contribution in [0.5, 0.6) is 0 Å². The van der Waals surface area contributed by atoms with Crippen LogP contribution in [0.1, 0.15) is 13.8 Å². The summed E-state index contributed by atoms with van der Waals surface area (Å²) in [5.41, 5.74) is 0.0965. The number of alkyl halides is 2. The molecule has 0 radical (unpaired) electrons. The highest BCUT2D eigenvalue weighted by atomic mass is 32.1. The van der Waals surface area contributed by atoms with Gasteiger partial charge in [-0.25, -0.2) is 9.59 Å². The fourth-order valence-corrected chi connectivity index (χ4v) is 0.649. The normalized spacial score (nSPS) is 12.8. The lowest BCUT2D eigenvalue weighted by molar-refractivity contribution is -0.167. The van der Waals surface area contributed by atoms with Crippen molar-refractivity contribution in [3.05, 3.63) is 12.2 Å². The minimum atomic E-state index is -3.41. The van der Waals surface area contributed by atoms with Gasteiger partial charge in [0.1, 0.15) is 0 Å². The molecule has 1 unspecified atom stereocenters. The van der Waals surface area contributed by atoms with Crippen molar-refractivity contribution in [2.24, 2.45) is 0 Å². The lowest BCUT2D eigenvalue weighted by Crippen LogP contribution is -2.29. The van der Waals surface area contributed by atoms with Gasteiger partial charge >= 0.3 is 17.2 Å². The molecule has 0 aliphatic heterocycles. The lowest BCUT2D eigenvalue weighted by atomic mass is 10.3. The van der Waals surface area contributed by atoms with E-state index in [0.29, 0.717) is 0 Å². The van der Waals surface area contributed by atoms with E-state index in [1.807, 2.05) is 0 Å². The van der Waals surface area contributed by atoms with E-state index >= 15 is 0 Å². The molecule has 0 spiro atoms. The molecule has 0 aliphatic rings. The zero-order chi connectivity index (χ0) is 12.9. The van der Waals surface area contributed by atoms with E-state index in [1.165, 1.54) is 13.8 Å². The summed E-state index contributed by atoms with van der Waals surface area (Å²) in [7, 11) is 0. The van der Waals surface area contributed by atoms with Crippen molar-refractivity contribution in [2.75, 3.05) is 6.61 Å². The molecule has 0 rings (SSSR count). The first-order chi connectivity index (χ1) is 7.13. The van der Waals surface area contributed by atoms with Gasteiger partial charge in [-0.3, -0.25) is 0 Å². The van der Waals surface area contributed by atoms with Crippen molar-refractivity contribution < 1.29 is 27.8 Å². The molecule has 0 aliphatic carbocycles. The molecular formula is C9H12F2O4S. The van der Waals surface area contributed by atoms with Crippen LogP contribution in [0.4, 0.5) is 8.78 Å². The minimum absolute atomic E-state index is 0.0965. The molecule has 0 heterocycles. The summed E-state index contributed by atoms with van der Waals surface area (Å²) in [5, 5.41) is -3.41. The predicted octanol–water partition coefficient (Wildman–Crippen LogP) is 1.56. The highest BCUT2D eigenvalue weighted by Crippen LogP contribution is 2.18. The average molecular weight is 254 g/mol. The van der Waals surface area contributed by atoms with Gasteiger partial charge in [-0.2, -0.15) is 8.78 Å². The quantitative estimate of drug-likeness (QED) is 0.459. The van der Waals surface area contributed by atoms with E-state index in [9.17, 15) is 18.4 Å². The summed E-state index contributed by atoms with van der Waals surface area (Å²) in [6, 6.07) is 0. The van der Waals surface area contributed by atoms with E-state index in [1.54, 1.807) is 0 Å². The van der Waals surface area contributed by atoms with E-state index in [0.717, 1.165) is 0 Å². The van der Waals surface area contributed by atoms with Crippen molar-refractivity contribution in [3.63, 3.8) is 0 Å². The third kappa shape index (κ3) is 6.39. The second kappa shape index (κ2) is 5.83. The third-order valence-electron chi connectivity index (χ3n) is 1.35. The number of hydrogen-bond acceptors (Lipinski definition) is 5. The molecule has 0 bridgehead atoms. The molecule has 7 heteroatoms. The van der Waals surface area contributed by atoms with Crippen LogP contribution in [0.2, 0.25) is 0 Å².